The van der Waals surface area contributed by atoms with E-state index in [2.05, 4.69) is 17.1 Å². The minimum atomic E-state index is 0.513. The summed E-state index contributed by atoms with van der Waals surface area (Å²) >= 11 is 5.84. The first-order valence-corrected chi connectivity index (χ1v) is 5.17. The van der Waals surface area contributed by atoms with Gasteiger partial charge in [0, 0.05) is 6.54 Å². The minimum Gasteiger partial charge on any atom is -0.304 e. The molecule has 0 bridgehead atoms. The molecule has 0 amide bonds. The van der Waals surface area contributed by atoms with E-state index in [1.807, 2.05) is 4.57 Å². The molecule has 13 heavy (non-hydrogen) atoms. The normalized spacial score (nSPS) is 28.2. The fourth-order valence-corrected chi connectivity index (χ4v) is 2.29. The first-order valence-electron chi connectivity index (χ1n) is 4.79. The fraction of sp³-hybridized carbons (Fsp3) is 0.778. The largest absolute Gasteiger partial charge is 0.304 e. The summed E-state index contributed by atoms with van der Waals surface area (Å²) in [4.78, 5) is 0. The number of aromatic nitrogens is 3. The Morgan fingerprint density at radius 3 is 3.00 bits per heavy atom. The topological polar surface area (TPSA) is 30.7 Å². The van der Waals surface area contributed by atoms with Crippen LogP contribution in [0.1, 0.15) is 26.2 Å². The predicted octanol–water partition coefficient (Wildman–Crippen LogP) is 2.37. The van der Waals surface area contributed by atoms with Crippen molar-refractivity contribution in [2.45, 2.75) is 32.7 Å². The van der Waals surface area contributed by atoms with Crippen molar-refractivity contribution in [2.75, 3.05) is 0 Å². The maximum absolute atomic E-state index is 5.84. The van der Waals surface area contributed by atoms with Gasteiger partial charge >= 0.3 is 0 Å². The van der Waals surface area contributed by atoms with E-state index < -0.39 is 0 Å². The third-order valence-electron chi connectivity index (χ3n) is 2.83. The average molecular weight is 200 g/mol. The van der Waals surface area contributed by atoms with Crippen molar-refractivity contribution in [1.29, 1.82) is 0 Å². The molecule has 1 aliphatic rings. The van der Waals surface area contributed by atoms with E-state index in [1.165, 1.54) is 19.3 Å². The van der Waals surface area contributed by atoms with Gasteiger partial charge in [-0.05, 0) is 36.3 Å². The monoisotopic (exact) mass is 199 g/mol. The van der Waals surface area contributed by atoms with E-state index in [0.29, 0.717) is 5.28 Å². The predicted molar refractivity (Wildman–Crippen MR) is 51.5 cm³/mol. The molecular formula is C9H14ClN3. The molecule has 1 aromatic rings. The summed E-state index contributed by atoms with van der Waals surface area (Å²) in [6, 6.07) is 0. The molecule has 0 aromatic carbocycles. The molecule has 3 nitrogen and oxygen atoms in total. The van der Waals surface area contributed by atoms with Crippen LogP contribution >= 0.6 is 11.6 Å². The minimum absolute atomic E-state index is 0.513. The summed E-state index contributed by atoms with van der Waals surface area (Å²) in [7, 11) is 0. The van der Waals surface area contributed by atoms with E-state index in [0.717, 1.165) is 18.4 Å². The van der Waals surface area contributed by atoms with Crippen molar-refractivity contribution in [3.05, 3.63) is 11.6 Å². The van der Waals surface area contributed by atoms with Crippen LogP contribution in [0.25, 0.3) is 0 Å². The molecule has 72 valence electrons. The number of nitrogens with zero attached hydrogens (tertiary/aromatic N) is 3. The summed E-state index contributed by atoms with van der Waals surface area (Å²) in [5.41, 5.74) is 0. The average Bonchev–Trinajstić information content (AvgIpc) is 2.64. The number of rotatable bonds is 2. The number of hydrogen-bond donors (Lipinski definition) is 0. The Hall–Kier alpha value is -0.570. The van der Waals surface area contributed by atoms with Crippen molar-refractivity contribution in [1.82, 2.24) is 14.8 Å². The highest BCUT2D eigenvalue weighted by atomic mass is 35.5. The summed E-state index contributed by atoms with van der Waals surface area (Å²) in [6.45, 7) is 3.30. The Morgan fingerprint density at radius 1 is 1.62 bits per heavy atom. The van der Waals surface area contributed by atoms with Gasteiger partial charge in [0.15, 0.2) is 0 Å². The van der Waals surface area contributed by atoms with Crippen molar-refractivity contribution >= 4 is 11.6 Å². The molecule has 1 saturated carbocycles. The van der Waals surface area contributed by atoms with Crippen molar-refractivity contribution in [3.8, 4) is 0 Å². The molecule has 4 heteroatoms. The highest BCUT2D eigenvalue weighted by Gasteiger charge is 2.22. The van der Waals surface area contributed by atoms with Crippen LogP contribution < -0.4 is 0 Å². The lowest BCUT2D eigenvalue weighted by molar-refractivity contribution is 0.440. The Balaban J connectivity index is 1.95. The second kappa shape index (κ2) is 3.66. The molecule has 0 spiro atoms. The van der Waals surface area contributed by atoms with E-state index in [4.69, 9.17) is 11.6 Å². The van der Waals surface area contributed by atoms with Gasteiger partial charge in [-0.1, -0.05) is 13.3 Å². The molecule has 1 aromatic heterocycles. The second-order valence-corrected chi connectivity index (χ2v) is 4.37. The zero-order chi connectivity index (χ0) is 9.26. The van der Waals surface area contributed by atoms with Crippen LogP contribution in [-0.4, -0.2) is 14.8 Å². The quantitative estimate of drug-likeness (QED) is 0.732. The van der Waals surface area contributed by atoms with Crippen LogP contribution in [-0.2, 0) is 6.54 Å². The van der Waals surface area contributed by atoms with Crippen LogP contribution in [0.3, 0.4) is 0 Å². The fourth-order valence-electron chi connectivity index (χ4n) is 2.13. The summed E-state index contributed by atoms with van der Waals surface area (Å²) in [5, 5.41) is 8.03. The van der Waals surface area contributed by atoms with Crippen LogP contribution in [0.2, 0.25) is 5.28 Å². The molecule has 0 aliphatic heterocycles. The maximum atomic E-state index is 5.84. The van der Waals surface area contributed by atoms with Crippen LogP contribution in [0.5, 0.6) is 0 Å². The Morgan fingerprint density at radius 2 is 2.46 bits per heavy atom. The Bertz CT molecular complexity index is 284. The van der Waals surface area contributed by atoms with E-state index in [-0.39, 0.29) is 0 Å². The van der Waals surface area contributed by atoms with Crippen molar-refractivity contribution in [2.24, 2.45) is 11.8 Å². The molecule has 1 aliphatic carbocycles. The highest BCUT2D eigenvalue weighted by Crippen LogP contribution is 2.31. The molecule has 2 rings (SSSR count). The molecule has 0 N–H and O–H groups in total. The van der Waals surface area contributed by atoms with Gasteiger partial charge in [-0.3, -0.25) is 0 Å². The maximum Gasteiger partial charge on any atom is 0.224 e. The summed E-state index contributed by atoms with van der Waals surface area (Å²) in [6.07, 6.45) is 5.69. The highest BCUT2D eigenvalue weighted by molar-refractivity contribution is 6.28. The van der Waals surface area contributed by atoms with Crippen LogP contribution in [0.4, 0.5) is 0 Å². The van der Waals surface area contributed by atoms with Gasteiger partial charge in [-0.25, -0.2) is 0 Å². The summed E-state index contributed by atoms with van der Waals surface area (Å²) < 4.78 is 1.93. The van der Waals surface area contributed by atoms with Crippen molar-refractivity contribution in [3.63, 3.8) is 0 Å². The van der Waals surface area contributed by atoms with E-state index in [9.17, 15) is 0 Å². The van der Waals surface area contributed by atoms with E-state index >= 15 is 0 Å². The lowest BCUT2D eigenvalue weighted by Crippen LogP contribution is -2.06. The van der Waals surface area contributed by atoms with Crippen LogP contribution in [0.15, 0.2) is 6.33 Å². The van der Waals surface area contributed by atoms with Gasteiger partial charge in [0.05, 0.1) is 0 Å². The van der Waals surface area contributed by atoms with E-state index in [1.54, 1.807) is 6.33 Å². The first-order chi connectivity index (χ1) is 6.25. The smallest absolute Gasteiger partial charge is 0.224 e. The number of halogens is 1. The molecule has 0 saturated heterocycles. The summed E-state index contributed by atoms with van der Waals surface area (Å²) in [5.74, 6) is 1.64. The molecule has 2 atom stereocenters. The van der Waals surface area contributed by atoms with Gasteiger partial charge in [-0.15, -0.1) is 10.2 Å². The molecule has 0 radical (unpaired) electrons. The standard InChI is InChI=1S/C9H14ClN3/c1-7-2-3-8(4-7)5-13-6-11-12-9(13)10/h6-8H,2-5H2,1H3. The first kappa shape index (κ1) is 9.00. The van der Waals surface area contributed by atoms with Gasteiger partial charge in [0.25, 0.3) is 0 Å². The Labute approximate surface area is 83.1 Å². The zero-order valence-electron chi connectivity index (χ0n) is 7.78. The van der Waals surface area contributed by atoms with Gasteiger partial charge in [0.1, 0.15) is 6.33 Å². The molecule has 1 fully saturated rings. The van der Waals surface area contributed by atoms with Crippen LogP contribution in [0, 0.1) is 11.8 Å². The SMILES string of the molecule is CC1CCC(Cn2cnnc2Cl)C1. The lowest BCUT2D eigenvalue weighted by atomic mass is 10.1. The van der Waals surface area contributed by atoms with Gasteiger partial charge < -0.3 is 4.57 Å². The molecular weight excluding hydrogens is 186 g/mol. The molecule has 2 unspecified atom stereocenters. The second-order valence-electron chi connectivity index (χ2n) is 4.04. The van der Waals surface area contributed by atoms with Gasteiger partial charge in [0.2, 0.25) is 5.28 Å². The lowest BCUT2D eigenvalue weighted by Gasteiger charge is -2.09. The molecule has 1 heterocycles. The third-order valence-corrected chi connectivity index (χ3v) is 3.12. The van der Waals surface area contributed by atoms with Gasteiger partial charge in [-0.2, -0.15) is 0 Å². The zero-order valence-corrected chi connectivity index (χ0v) is 8.54. The third kappa shape index (κ3) is 2.02. The number of hydrogen-bond acceptors (Lipinski definition) is 2. The van der Waals surface area contributed by atoms with Crippen molar-refractivity contribution < 1.29 is 0 Å². The Kier molecular flexibility index (Phi) is 2.54.